The SMILES string of the molecule is CN[C@@H](C)C(=O)N[C@@H](COP(=O)(O)O)C(=O)N[C@@H](C)C(=O)N[C@@H](C)C(=O)O. The van der Waals surface area contributed by atoms with Crippen LogP contribution in [0.15, 0.2) is 0 Å². The summed E-state index contributed by atoms with van der Waals surface area (Å²) in [6.45, 7) is 3.13. The Labute approximate surface area is 155 Å². The summed E-state index contributed by atoms with van der Waals surface area (Å²) in [5.74, 6) is -3.68. The van der Waals surface area contributed by atoms with Gasteiger partial charge in [0.05, 0.1) is 12.6 Å². The smallest absolute Gasteiger partial charge is 0.469 e. The zero-order valence-electron chi connectivity index (χ0n) is 15.3. The molecule has 0 aromatic heterocycles. The molecule has 0 unspecified atom stereocenters. The summed E-state index contributed by atoms with van der Waals surface area (Å²) < 4.78 is 15.1. The lowest BCUT2D eigenvalue weighted by molar-refractivity contribution is -0.141. The van der Waals surface area contributed by atoms with Crippen LogP contribution < -0.4 is 21.3 Å². The van der Waals surface area contributed by atoms with Crippen LogP contribution in [0.2, 0.25) is 0 Å². The van der Waals surface area contributed by atoms with Gasteiger partial charge in [0.25, 0.3) is 0 Å². The number of aliphatic carboxylic acids is 1. The van der Waals surface area contributed by atoms with Crippen molar-refractivity contribution in [2.75, 3.05) is 13.7 Å². The molecule has 0 aliphatic heterocycles. The third-order valence-electron chi connectivity index (χ3n) is 3.35. The number of hydrogen-bond acceptors (Lipinski definition) is 7. The van der Waals surface area contributed by atoms with Crippen LogP contribution in [-0.4, -0.2) is 76.4 Å². The molecule has 0 spiro atoms. The van der Waals surface area contributed by atoms with Gasteiger partial charge in [-0.05, 0) is 27.8 Å². The van der Waals surface area contributed by atoms with E-state index in [1.54, 1.807) is 0 Å². The van der Waals surface area contributed by atoms with Crippen LogP contribution in [0.4, 0.5) is 0 Å². The van der Waals surface area contributed by atoms with E-state index < -0.39 is 62.3 Å². The Kier molecular flexibility index (Phi) is 10.1. The Morgan fingerprint density at radius 1 is 0.889 bits per heavy atom. The lowest BCUT2D eigenvalue weighted by Gasteiger charge is -2.23. The molecule has 0 aliphatic rings. The van der Waals surface area contributed by atoms with Gasteiger partial charge in [-0.15, -0.1) is 0 Å². The van der Waals surface area contributed by atoms with Gasteiger partial charge in [0, 0.05) is 0 Å². The maximum absolute atomic E-state index is 12.3. The van der Waals surface area contributed by atoms with E-state index in [4.69, 9.17) is 14.9 Å². The molecule has 14 heteroatoms. The van der Waals surface area contributed by atoms with E-state index in [1.165, 1.54) is 27.8 Å². The maximum atomic E-state index is 12.3. The van der Waals surface area contributed by atoms with Crippen molar-refractivity contribution in [2.24, 2.45) is 0 Å². The number of phosphoric acid groups is 1. The molecule has 0 saturated carbocycles. The van der Waals surface area contributed by atoms with E-state index in [1.807, 2.05) is 0 Å². The first-order valence-electron chi connectivity index (χ1n) is 7.79. The lowest BCUT2D eigenvalue weighted by Crippen LogP contribution is -2.57. The average Bonchev–Trinajstić information content (AvgIpc) is 2.55. The number of hydrogen-bond donors (Lipinski definition) is 7. The first kappa shape index (κ1) is 24.9. The number of amides is 3. The van der Waals surface area contributed by atoms with E-state index in [0.717, 1.165) is 0 Å². The topological polar surface area (TPSA) is 203 Å². The van der Waals surface area contributed by atoms with Gasteiger partial charge in [0.1, 0.15) is 18.1 Å². The van der Waals surface area contributed by atoms with Crippen LogP contribution in [-0.2, 0) is 28.3 Å². The molecule has 0 aliphatic carbocycles. The molecule has 13 nitrogen and oxygen atoms in total. The fourth-order valence-corrected chi connectivity index (χ4v) is 1.91. The molecule has 156 valence electrons. The Morgan fingerprint density at radius 3 is 1.81 bits per heavy atom. The molecule has 0 aromatic carbocycles. The van der Waals surface area contributed by atoms with Gasteiger partial charge in [-0.2, -0.15) is 0 Å². The second kappa shape index (κ2) is 10.9. The fourth-order valence-electron chi connectivity index (χ4n) is 1.56. The molecule has 0 fully saturated rings. The van der Waals surface area contributed by atoms with Crippen molar-refractivity contribution in [3.8, 4) is 0 Å². The number of carboxylic acids is 1. The van der Waals surface area contributed by atoms with Gasteiger partial charge in [0.2, 0.25) is 17.7 Å². The highest BCUT2D eigenvalue weighted by atomic mass is 31.2. The molecule has 3 amide bonds. The van der Waals surface area contributed by atoms with Crippen LogP contribution in [0, 0.1) is 0 Å². The van der Waals surface area contributed by atoms with Gasteiger partial charge in [-0.3, -0.25) is 23.7 Å². The van der Waals surface area contributed by atoms with Crippen LogP contribution >= 0.6 is 7.82 Å². The number of rotatable bonds is 11. The number of likely N-dealkylation sites (N-methyl/N-ethyl adjacent to an activating group) is 1. The Bertz CT molecular complexity index is 609. The highest BCUT2D eigenvalue weighted by molar-refractivity contribution is 7.46. The van der Waals surface area contributed by atoms with Crippen molar-refractivity contribution < 1.29 is 43.2 Å². The number of carbonyl (C=O) groups excluding carboxylic acids is 3. The minimum absolute atomic E-state index is 0.649. The summed E-state index contributed by atoms with van der Waals surface area (Å²) in [4.78, 5) is 64.3. The van der Waals surface area contributed by atoms with Crippen molar-refractivity contribution in [3.05, 3.63) is 0 Å². The van der Waals surface area contributed by atoms with E-state index in [2.05, 4.69) is 25.8 Å². The summed E-state index contributed by atoms with van der Waals surface area (Å²) >= 11 is 0. The summed E-state index contributed by atoms with van der Waals surface area (Å²) in [5.41, 5.74) is 0. The number of nitrogens with one attached hydrogen (secondary N) is 4. The van der Waals surface area contributed by atoms with Crippen molar-refractivity contribution in [1.82, 2.24) is 21.3 Å². The number of carboxylic acid groups (broad SMARTS) is 1. The molecule has 7 N–H and O–H groups in total. The second-order valence-electron chi connectivity index (χ2n) is 5.66. The fraction of sp³-hybridized carbons (Fsp3) is 0.692. The van der Waals surface area contributed by atoms with Crippen molar-refractivity contribution >= 4 is 31.5 Å². The second-order valence-corrected chi connectivity index (χ2v) is 6.90. The van der Waals surface area contributed by atoms with Gasteiger partial charge >= 0.3 is 13.8 Å². The normalized spacial score (nSPS) is 15.8. The molecular formula is C13H25N4O9P. The van der Waals surface area contributed by atoms with Crippen molar-refractivity contribution in [2.45, 2.75) is 44.9 Å². The van der Waals surface area contributed by atoms with Crippen LogP contribution in [0.5, 0.6) is 0 Å². The predicted octanol–water partition coefficient (Wildman–Crippen LogP) is -2.72. The van der Waals surface area contributed by atoms with E-state index >= 15 is 0 Å². The van der Waals surface area contributed by atoms with Gasteiger partial charge in [0.15, 0.2) is 0 Å². The highest BCUT2D eigenvalue weighted by Gasteiger charge is 2.29. The molecule has 0 heterocycles. The monoisotopic (exact) mass is 412 g/mol. The predicted molar refractivity (Wildman–Crippen MR) is 91.3 cm³/mol. The molecule has 0 saturated heterocycles. The molecule has 27 heavy (non-hydrogen) atoms. The Morgan fingerprint density at radius 2 is 1.37 bits per heavy atom. The van der Waals surface area contributed by atoms with Crippen molar-refractivity contribution in [1.29, 1.82) is 0 Å². The molecule has 4 atom stereocenters. The first-order valence-corrected chi connectivity index (χ1v) is 9.32. The minimum Gasteiger partial charge on any atom is -0.480 e. The van der Waals surface area contributed by atoms with Gasteiger partial charge in [-0.1, -0.05) is 0 Å². The first-order chi connectivity index (χ1) is 12.3. The average molecular weight is 412 g/mol. The molecule has 0 bridgehead atoms. The summed E-state index contributed by atoms with van der Waals surface area (Å²) in [7, 11) is -3.42. The zero-order valence-corrected chi connectivity index (χ0v) is 16.1. The molecule has 0 rings (SSSR count). The summed E-state index contributed by atoms with van der Waals surface area (Å²) in [5, 5.41) is 18.0. The number of phosphoric ester groups is 1. The lowest BCUT2D eigenvalue weighted by atomic mass is 10.2. The van der Waals surface area contributed by atoms with Gasteiger partial charge in [-0.25, -0.2) is 4.57 Å². The van der Waals surface area contributed by atoms with Crippen molar-refractivity contribution in [3.63, 3.8) is 0 Å². The quantitative estimate of drug-likeness (QED) is 0.175. The largest absolute Gasteiger partial charge is 0.480 e. The maximum Gasteiger partial charge on any atom is 0.469 e. The third-order valence-corrected chi connectivity index (χ3v) is 3.84. The van der Waals surface area contributed by atoms with E-state index in [9.17, 15) is 23.7 Å². The van der Waals surface area contributed by atoms with Gasteiger partial charge < -0.3 is 36.2 Å². The number of carbonyl (C=O) groups is 4. The summed E-state index contributed by atoms with van der Waals surface area (Å²) in [6.07, 6.45) is 0. The van der Waals surface area contributed by atoms with Crippen LogP contribution in [0.25, 0.3) is 0 Å². The van der Waals surface area contributed by atoms with E-state index in [-0.39, 0.29) is 0 Å². The van der Waals surface area contributed by atoms with Crippen LogP contribution in [0.3, 0.4) is 0 Å². The summed E-state index contributed by atoms with van der Waals surface area (Å²) in [6, 6.07) is -4.60. The third kappa shape index (κ3) is 10.0. The molecule has 0 aromatic rings. The van der Waals surface area contributed by atoms with Crippen LogP contribution in [0.1, 0.15) is 20.8 Å². The Balaban J connectivity index is 5.04. The highest BCUT2D eigenvalue weighted by Crippen LogP contribution is 2.35. The zero-order chi connectivity index (χ0) is 21.4. The molecular weight excluding hydrogens is 387 g/mol. The molecule has 0 radical (unpaired) electrons. The Hall–Kier alpha value is -2.05. The van der Waals surface area contributed by atoms with E-state index in [0.29, 0.717) is 0 Å². The minimum atomic E-state index is -4.91. The standard InChI is InChI=1S/C13H25N4O9P/c1-6(14-4)10(18)17-9(5-26-27(23,24)25)12(20)15-7(2)11(19)16-8(3)13(21)22/h6-9,14H,5H2,1-4H3,(H,15,20)(H,16,19)(H,17,18)(H,21,22)(H2,23,24,25)/t6-,7-,8-,9-/m0/s1.